The van der Waals surface area contributed by atoms with Crippen LogP contribution in [0.25, 0.3) is 21.6 Å². The zero-order chi connectivity index (χ0) is 15.5. The SMILES string of the molecule is CC(C)c1ccsc1-c1cccc(-c2ccc(CN)cc2)c1. The van der Waals surface area contributed by atoms with Crippen LogP contribution in [0.3, 0.4) is 0 Å². The summed E-state index contributed by atoms with van der Waals surface area (Å²) in [5, 5.41) is 2.19. The van der Waals surface area contributed by atoms with Gasteiger partial charge < -0.3 is 5.73 Å². The van der Waals surface area contributed by atoms with Crippen molar-refractivity contribution in [2.45, 2.75) is 26.3 Å². The van der Waals surface area contributed by atoms with Gasteiger partial charge in [-0.15, -0.1) is 11.3 Å². The zero-order valence-electron chi connectivity index (χ0n) is 13.0. The number of hydrogen-bond acceptors (Lipinski definition) is 2. The van der Waals surface area contributed by atoms with Crippen LogP contribution in [-0.4, -0.2) is 0 Å². The molecule has 0 saturated carbocycles. The maximum Gasteiger partial charge on any atom is 0.0377 e. The fourth-order valence-electron chi connectivity index (χ4n) is 2.68. The van der Waals surface area contributed by atoms with E-state index in [-0.39, 0.29) is 0 Å². The molecule has 0 amide bonds. The van der Waals surface area contributed by atoms with Gasteiger partial charge >= 0.3 is 0 Å². The Kier molecular flexibility index (Phi) is 4.41. The molecule has 112 valence electrons. The molecule has 0 bridgehead atoms. The predicted octanol–water partition coefficient (Wildman–Crippen LogP) is 5.66. The van der Waals surface area contributed by atoms with E-state index in [1.54, 1.807) is 0 Å². The van der Waals surface area contributed by atoms with Crippen molar-refractivity contribution >= 4 is 11.3 Å². The molecule has 0 aliphatic rings. The molecule has 0 atom stereocenters. The van der Waals surface area contributed by atoms with Gasteiger partial charge in [0.1, 0.15) is 0 Å². The highest BCUT2D eigenvalue weighted by Gasteiger charge is 2.10. The van der Waals surface area contributed by atoms with E-state index in [0.29, 0.717) is 12.5 Å². The summed E-state index contributed by atoms with van der Waals surface area (Å²) in [7, 11) is 0. The van der Waals surface area contributed by atoms with Crippen LogP contribution < -0.4 is 5.73 Å². The topological polar surface area (TPSA) is 26.0 Å². The third-order valence-electron chi connectivity index (χ3n) is 3.97. The molecular weight excluding hydrogens is 286 g/mol. The summed E-state index contributed by atoms with van der Waals surface area (Å²) in [6, 6.07) is 19.6. The molecule has 0 radical (unpaired) electrons. The fraction of sp³-hybridized carbons (Fsp3) is 0.200. The van der Waals surface area contributed by atoms with Crippen molar-refractivity contribution < 1.29 is 0 Å². The van der Waals surface area contributed by atoms with Gasteiger partial charge in [0.2, 0.25) is 0 Å². The second-order valence-electron chi connectivity index (χ2n) is 5.84. The second-order valence-corrected chi connectivity index (χ2v) is 6.76. The highest BCUT2D eigenvalue weighted by molar-refractivity contribution is 7.13. The highest BCUT2D eigenvalue weighted by Crippen LogP contribution is 2.35. The van der Waals surface area contributed by atoms with Gasteiger partial charge in [-0.25, -0.2) is 0 Å². The molecule has 0 aliphatic carbocycles. The average Bonchev–Trinajstić information content (AvgIpc) is 3.05. The molecule has 3 aromatic rings. The smallest absolute Gasteiger partial charge is 0.0377 e. The lowest BCUT2D eigenvalue weighted by molar-refractivity contribution is 0.874. The van der Waals surface area contributed by atoms with Gasteiger partial charge in [0.25, 0.3) is 0 Å². The van der Waals surface area contributed by atoms with Crippen molar-refractivity contribution in [3.05, 3.63) is 71.1 Å². The van der Waals surface area contributed by atoms with Gasteiger partial charge in [0.05, 0.1) is 0 Å². The summed E-state index contributed by atoms with van der Waals surface area (Å²) >= 11 is 1.82. The largest absolute Gasteiger partial charge is 0.326 e. The third-order valence-corrected chi connectivity index (χ3v) is 4.94. The van der Waals surface area contributed by atoms with E-state index in [1.807, 2.05) is 11.3 Å². The monoisotopic (exact) mass is 307 g/mol. The van der Waals surface area contributed by atoms with Crippen molar-refractivity contribution in [2.75, 3.05) is 0 Å². The molecule has 3 rings (SSSR count). The Morgan fingerprint density at radius 3 is 2.32 bits per heavy atom. The number of thiophene rings is 1. The lowest BCUT2D eigenvalue weighted by Gasteiger charge is -2.09. The van der Waals surface area contributed by atoms with Gasteiger partial charge in [-0.2, -0.15) is 0 Å². The summed E-state index contributed by atoms with van der Waals surface area (Å²) in [5.74, 6) is 0.550. The second kappa shape index (κ2) is 6.47. The number of hydrogen-bond donors (Lipinski definition) is 1. The molecule has 1 aromatic heterocycles. The summed E-state index contributed by atoms with van der Waals surface area (Å²) in [6.07, 6.45) is 0. The third kappa shape index (κ3) is 2.99. The Morgan fingerprint density at radius 1 is 0.909 bits per heavy atom. The first-order valence-electron chi connectivity index (χ1n) is 7.66. The lowest BCUT2D eigenvalue weighted by atomic mass is 9.97. The van der Waals surface area contributed by atoms with E-state index in [9.17, 15) is 0 Å². The van der Waals surface area contributed by atoms with Crippen molar-refractivity contribution in [3.8, 4) is 21.6 Å². The van der Waals surface area contributed by atoms with E-state index >= 15 is 0 Å². The molecule has 0 saturated heterocycles. The quantitative estimate of drug-likeness (QED) is 0.661. The number of rotatable bonds is 4. The Hall–Kier alpha value is -1.90. The van der Waals surface area contributed by atoms with Crippen LogP contribution in [0.1, 0.15) is 30.9 Å². The summed E-state index contributed by atoms with van der Waals surface area (Å²) < 4.78 is 0. The molecule has 22 heavy (non-hydrogen) atoms. The van der Waals surface area contributed by atoms with Crippen molar-refractivity contribution in [1.82, 2.24) is 0 Å². The van der Waals surface area contributed by atoms with Gasteiger partial charge in [0.15, 0.2) is 0 Å². The van der Waals surface area contributed by atoms with Crippen LogP contribution in [0.5, 0.6) is 0 Å². The number of benzene rings is 2. The van der Waals surface area contributed by atoms with Crippen molar-refractivity contribution in [2.24, 2.45) is 5.73 Å². The minimum absolute atomic E-state index is 0.550. The van der Waals surface area contributed by atoms with Crippen LogP contribution in [0, 0.1) is 0 Å². The van der Waals surface area contributed by atoms with Crippen LogP contribution in [0.2, 0.25) is 0 Å². The molecule has 0 spiro atoms. The first-order valence-corrected chi connectivity index (χ1v) is 8.54. The van der Waals surface area contributed by atoms with Gasteiger partial charge in [-0.05, 0) is 51.2 Å². The summed E-state index contributed by atoms with van der Waals surface area (Å²) in [5.41, 5.74) is 12.1. The maximum absolute atomic E-state index is 5.67. The molecular formula is C20H21NS. The molecule has 1 nitrogen and oxygen atoms in total. The standard InChI is InChI=1S/C20H21NS/c1-14(2)19-10-11-22-20(19)18-5-3-4-17(12-18)16-8-6-15(13-21)7-9-16/h3-12,14H,13,21H2,1-2H3. The minimum atomic E-state index is 0.550. The van der Waals surface area contributed by atoms with E-state index in [0.717, 1.165) is 0 Å². The molecule has 2 N–H and O–H groups in total. The summed E-state index contributed by atoms with van der Waals surface area (Å²) in [6.45, 7) is 5.09. The van der Waals surface area contributed by atoms with Gasteiger partial charge in [0, 0.05) is 11.4 Å². The van der Waals surface area contributed by atoms with Crippen molar-refractivity contribution in [1.29, 1.82) is 0 Å². The molecule has 0 unspecified atom stereocenters. The Balaban J connectivity index is 2.00. The molecule has 2 aromatic carbocycles. The Bertz CT molecular complexity index is 753. The normalized spacial score (nSPS) is 11.1. The minimum Gasteiger partial charge on any atom is -0.326 e. The lowest BCUT2D eigenvalue weighted by Crippen LogP contribution is -1.95. The van der Waals surface area contributed by atoms with E-state index in [1.165, 1.54) is 32.7 Å². The van der Waals surface area contributed by atoms with Crippen molar-refractivity contribution in [3.63, 3.8) is 0 Å². The van der Waals surface area contributed by atoms with Crippen LogP contribution in [0.15, 0.2) is 60.0 Å². The first kappa shape index (κ1) is 15.0. The Labute approximate surface area is 136 Å². The van der Waals surface area contributed by atoms with E-state index in [4.69, 9.17) is 5.73 Å². The predicted molar refractivity (Wildman–Crippen MR) is 97.2 cm³/mol. The maximum atomic E-state index is 5.67. The van der Waals surface area contributed by atoms with E-state index < -0.39 is 0 Å². The van der Waals surface area contributed by atoms with Gasteiger partial charge in [-0.1, -0.05) is 56.3 Å². The van der Waals surface area contributed by atoms with Crippen LogP contribution in [0.4, 0.5) is 0 Å². The van der Waals surface area contributed by atoms with Crippen LogP contribution >= 0.6 is 11.3 Å². The Morgan fingerprint density at radius 2 is 1.64 bits per heavy atom. The molecule has 0 aliphatic heterocycles. The molecule has 1 heterocycles. The highest BCUT2D eigenvalue weighted by atomic mass is 32.1. The van der Waals surface area contributed by atoms with E-state index in [2.05, 4.69) is 73.8 Å². The molecule has 0 fully saturated rings. The number of nitrogens with two attached hydrogens (primary N) is 1. The average molecular weight is 307 g/mol. The zero-order valence-corrected chi connectivity index (χ0v) is 13.9. The summed E-state index contributed by atoms with van der Waals surface area (Å²) in [4.78, 5) is 1.38. The van der Waals surface area contributed by atoms with Crippen LogP contribution in [-0.2, 0) is 6.54 Å². The first-order chi connectivity index (χ1) is 10.7. The fourth-order valence-corrected chi connectivity index (χ4v) is 3.74. The van der Waals surface area contributed by atoms with Gasteiger partial charge in [-0.3, -0.25) is 0 Å². The molecule has 2 heteroatoms.